The predicted molar refractivity (Wildman–Crippen MR) is 80.5 cm³/mol. The van der Waals surface area contributed by atoms with E-state index in [4.69, 9.17) is 0 Å². The van der Waals surface area contributed by atoms with Gasteiger partial charge in [0.15, 0.2) is 0 Å². The van der Waals surface area contributed by atoms with Crippen LogP contribution in [-0.2, 0) is 6.42 Å². The first-order chi connectivity index (χ1) is 9.29. The minimum absolute atomic E-state index is 0.359. The van der Waals surface area contributed by atoms with E-state index in [2.05, 4.69) is 24.4 Å². The molecule has 1 aliphatic rings. The number of aromatic hydroxyl groups is 1. The fraction of sp³-hybridized carbons (Fsp3) is 0.647. The number of nitrogens with one attached hydrogen (secondary N) is 1. The average molecular weight is 261 g/mol. The normalized spacial score (nSPS) is 19.0. The summed E-state index contributed by atoms with van der Waals surface area (Å²) in [7, 11) is 0. The van der Waals surface area contributed by atoms with Gasteiger partial charge in [0.2, 0.25) is 0 Å². The van der Waals surface area contributed by atoms with Crippen molar-refractivity contribution in [2.24, 2.45) is 5.92 Å². The van der Waals surface area contributed by atoms with Gasteiger partial charge in [-0.1, -0.05) is 44.7 Å². The van der Waals surface area contributed by atoms with Gasteiger partial charge in [-0.2, -0.15) is 0 Å². The second-order valence-electron chi connectivity index (χ2n) is 5.79. The highest BCUT2D eigenvalue weighted by molar-refractivity contribution is 5.26. The molecule has 1 fully saturated rings. The van der Waals surface area contributed by atoms with Crippen LogP contribution in [0, 0.1) is 5.92 Å². The first-order valence-corrected chi connectivity index (χ1v) is 7.81. The first kappa shape index (κ1) is 14.4. The third kappa shape index (κ3) is 4.54. The Hall–Kier alpha value is -1.02. The summed E-state index contributed by atoms with van der Waals surface area (Å²) in [4.78, 5) is 0. The van der Waals surface area contributed by atoms with Crippen LogP contribution in [0.25, 0.3) is 0 Å². The zero-order chi connectivity index (χ0) is 13.5. The molecule has 1 saturated carbocycles. The number of likely N-dealkylation sites (N-methyl/N-ethyl adjacent to an activating group) is 1. The molecule has 2 nitrogen and oxygen atoms in total. The van der Waals surface area contributed by atoms with Crippen molar-refractivity contribution in [3.8, 4) is 5.75 Å². The highest BCUT2D eigenvalue weighted by atomic mass is 16.3. The van der Waals surface area contributed by atoms with E-state index in [0.29, 0.717) is 11.8 Å². The quantitative estimate of drug-likeness (QED) is 0.788. The summed E-state index contributed by atoms with van der Waals surface area (Å²) in [6.45, 7) is 3.24. The van der Waals surface area contributed by atoms with Gasteiger partial charge in [0.1, 0.15) is 5.75 Å². The Morgan fingerprint density at radius 3 is 2.32 bits per heavy atom. The van der Waals surface area contributed by atoms with Crippen molar-refractivity contribution in [2.75, 3.05) is 6.54 Å². The van der Waals surface area contributed by atoms with E-state index in [0.717, 1.165) is 18.9 Å². The lowest BCUT2D eigenvalue weighted by Crippen LogP contribution is -2.37. The molecule has 1 aromatic rings. The molecule has 0 amide bonds. The van der Waals surface area contributed by atoms with Gasteiger partial charge in [0.05, 0.1) is 0 Å². The molecule has 0 spiro atoms. The first-order valence-electron chi connectivity index (χ1n) is 7.81. The summed E-state index contributed by atoms with van der Waals surface area (Å²) in [6.07, 6.45) is 9.43. The van der Waals surface area contributed by atoms with Crippen molar-refractivity contribution in [1.29, 1.82) is 0 Å². The molecular weight excluding hydrogens is 234 g/mol. The molecule has 1 atom stereocenters. The maximum absolute atomic E-state index is 9.36. The second kappa shape index (κ2) is 7.54. The molecule has 19 heavy (non-hydrogen) atoms. The standard InChI is InChI=1S/C17H27NO/c1-2-18-17(15-7-5-3-4-6-8-15)13-14-9-11-16(19)12-10-14/h9-12,15,17-19H,2-8,13H2,1H3. The Morgan fingerprint density at radius 2 is 1.74 bits per heavy atom. The average Bonchev–Trinajstić information content (AvgIpc) is 2.70. The molecule has 0 radical (unpaired) electrons. The van der Waals surface area contributed by atoms with E-state index in [-0.39, 0.29) is 0 Å². The summed E-state index contributed by atoms with van der Waals surface area (Å²) >= 11 is 0. The van der Waals surface area contributed by atoms with Crippen LogP contribution in [0.4, 0.5) is 0 Å². The molecule has 106 valence electrons. The van der Waals surface area contributed by atoms with E-state index >= 15 is 0 Å². The topological polar surface area (TPSA) is 32.3 Å². The van der Waals surface area contributed by atoms with Crippen molar-refractivity contribution in [3.05, 3.63) is 29.8 Å². The summed E-state index contributed by atoms with van der Waals surface area (Å²) in [5.41, 5.74) is 1.33. The maximum atomic E-state index is 9.36. The van der Waals surface area contributed by atoms with E-state index in [1.165, 1.54) is 44.1 Å². The highest BCUT2D eigenvalue weighted by Crippen LogP contribution is 2.27. The van der Waals surface area contributed by atoms with Crippen LogP contribution >= 0.6 is 0 Å². The van der Waals surface area contributed by atoms with Gasteiger partial charge in [-0.15, -0.1) is 0 Å². The van der Waals surface area contributed by atoms with E-state index in [1.807, 2.05) is 0 Å². The molecule has 0 aliphatic heterocycles. The summed E-state index contributed by atoms with van der Waals surface area (Å²) in [6, 6.07) is 8.29. The monoisotopic (exact) mass is 261 g/mol. The Labute approximate surface area is 117 Å². The third-order valence-electron chi connectivity index (χ3n) is 4.33. The Morgan fingerprint density at radius 1 is 1.11 bits per heavy atom. The Balaban J connectivity index is 1.99. The SMILES string of the molecule is CCNC(Cc1ccc(O)cc1)C1CCCCCC1. The van der Waals surface area contributed by atoms with Crippen molar-refractivity contribution < 1.29 is 5.11 Å². The lowest BCUT2D eigenvalue weighted by atomic mass is 9.87. The fourth-order valence-electron chi connectivity index (χ4n) is 3.27. The van der Waals surface area contributed by atoms with Crippen LogP contribution in [0.15, 0.2) is 24.3 Å². The summed E-state index contributed by atoms with van der Waals surface area (Å²) in [5, 5.41) is 13.0. The van der Waals surface area contributed by atoms with Crippen molar-refractivity contribution in [2.45, 2.75) is 57.9 Å². The third-order valence-corrected chi connectivity index (χ3v) is 4.33. The Kier molecular flexibility index (Phi) is 5.71. The van der Waals surface area contributed by atoms with Crippen LogP contribution in [0.2, 0.25) is 0 Å². The molecule has 0 heterocycles. The zero-order valence-electron chi connectivity index (χ0n) is 12.1. The molecule has 2 N–H and O–H groups in total. The lowest BCUT2D eigenvalue weighted by Gasteiger charge is -2.27. The van der Waals surface area contributed by atoms with Crippen LogP contribution < -0.4 is 5.32 Å². The Bertz CT molecular complexity index is 352. The van der Waals surface area contributed by atoms with Crippen LogP contribution in [0.1, 0.15) is 51.0 Å². The number of hydrogen-bond donors (Lipinski definition) is 2. The van der Waals surface area contributed by atoms with Crippen LogP contribution in [0.3, 0.4) is 0 Å². The number of phenols is 1. The summed E-state index contributed by atoms with van der Waals surface area (Å²) in [5.74, 6) is 1.18. The second-order valence-corrected chi connectivity index (χ2v) is 5.79. The number of benzene rings is 1. The van der Waals surface area contributed by atoms with E-state index < -0.39 is 0 Å². The van der Waals surface area contributed by atoms with Crippen molar-refractivity contribution in [3.63, 3.8) is 0 Å². The van der Waals surface area contributed by atoms with Crippen LogP contribution in [0.5, 0.6) is 5.75 Å². The molecule has 2 heteroatoms. The van der Waals surface area contributed by atoms with E-state index in [1.54, 1.807) is 12.1 Å². The number of phenolic OH excluding ortho intramolecular Hbond substituents is 1. The maximum Gasteiger partial charge on any atom is 0.115 e. The number of hydrogen-bond acceptors (Lipinski definition) is 2. The molecule has 0 saturated heterocycles. The minimum atomic E-state index is 0.359. The summed E-state index contributed by atoms with van der Waals surface area (Å²) < 4.78 is 0. The van der Waals surface area contributed by atoms with Crippen LogP contribution in [-0.4, -0.2) is 17.7 Å². The van der Waals surface area contributed by atoms with Gasteiger partial charge in [0, 0.05) is 6.04 Å². The zero-order valence-corrected chi connectivity index (χ0v) is 12.1. The van der Waals surface area contributed by atoms with Crippen molar-refractivity contribution in [1.82, 2.24) is 5.32 Å². The minimum Gasteiger partial charge on any atom is -0.508 e. The highest BCUT2D eigenvalue weighted by Gasteiger charge is 2.22. The molecule has 0 aromatic heterocycles. The van der Waals surface area contributed by atoms with Gasteiger partial charge in [-0.25, -0.2) is 0 Å². The largest absolute Gasteiger partial charge is 0.508 e. The lowest BCUT2D eigenvalue weighted by molar-refractivity contribution is 0.321. The molecular formula is C17H27NO. The molecule has 1 aliphatic carbocycles. The van der Waals surface area contributed by atoms with Gasteiger partial charge < -0.3 is 10.4 Å². The van der Waals surface area contributed by atoms with Gasteiger partial charge in [0.25, 0.3) is 0 Å². The molecule has 2 rings (SSSR count). The van der Waals surface area contributed by atoms with Crippen molar-refractivity contribution >= 4 is 0 Å². The fourth-order valence-corrected chi connectivity index (χ4v) is 3.27. The predicted octanol–water partition coefficient (Wildman–Crippen LogP) is 3.88. The molecule has 1 aromatic carbocycles. The van der Waals surface area contributed by atoms with Gasteiger partial charge in [-0.3, -0.25) is 0 Å². The smallest absolute Gasteiger partial charge is 0.115 e. The molecule has 1 unspecified atom stereocenters. The number of rotatable bonds is 5. The van der Waals surface area contributed by atoms with Gasteiger partial charge in [-0.05, 0) is 49.4 Å². The van der Waals surface area contributed by atoms with Gasteiger partial charge >= 0.3 is 0 Å². The molecule has 0 bridgehead atoms. The van der Waals surface area contributed by atoms with E-state index in [9.17, 15) is 5.11 Å².